The number of allylic oxidation sites excluding steroid dienone is 1. The maximum Gasteiger partial charge on any atom is 0.192 e. The Bertz CT molecular complexity index is 672. The van der Waals surface area contributed by atoms with Gasteiger partial charge in [0.2, 0.25) is 0 Å². The van der Waals surface area contributed by atoms with Gasteiger partial charge in [0.25, 0.3) is 0 Å². The molecule has 0 amide bonds. The van der Waals surface area contributed by atoms with Crippen molar-refractivity contribution in [1.29, 1.82) is 0 Å². The third kappa shape index (κ3) is 2.30. The summed E-state index contributed by atoms with van der Waals surface area (Å²) in [5.41, 5.74) is 3.08. The predicted molar refractivity (Wildman–Crippen MR) is 76.0 cm³/mol. The first-order chi connectivity index (χ1) is 9.78. The van der Waals surface area contributed by atoms with Gasteiger partial charge in [-0.1, -0.05) is 30.3 Å². The van der Waals surface area contributed by atoms with E-state index in [4.69, 9.17) is 9.84 Å². The number of ether oxygens (including phenoxy) is 1. The highest BCUT2D eigenvalue weighted by molar-refractivity contribution is 6.13. The molecule has 0 spiro atoms. The van der Waals surface area contributed by atoms with Gasteiger partial charge in [-0.25, -0.2) is 0 Å². The summed E-state index contributed by atoms with van der Waals surface area (Å²) in [6.07, 6.45) is 1.36. The maximum atomic E-state index is 11.8. The lowest BCUT2D eigenvalue weighted by atomic mass is 10.1. The first-order valence-corrected chi connectivity index (χ1v) is 6.45. The van der Waals surface area contributed by atoms with Gasteiger partial charge in [-0.15, -0.1) is 0 Å². The van der Waals surface area contributed by atoms with Crippen molar-refractivity contribution >= 4 is 5.78 Å². The Morgan fingerprint density at radius 3 is 2.70 bits per heavy atom. The number of carbonyl (C=O) groups is 1. The van der Waals surface area contributed by atoms with Crippen LogP contribution in [0.5, 0.6) is 5.75 Å². The second-order valence-electron chi connectivity index (χ2n) is 4.75. The van der Waals surface area contributed by atoms with Crippen LogP contribution < -0.4 is 4.74 Å². The number of fused-ring (bicyclic) bond motifs is 1. The maximum absolute atomic E-state index is 11.8. The van der Waals surface area contributed by atoms with E-state index < -0.39 is 0 Å². The van der Waals surface area contributed by atoms with Gasteiger partial charge in [0.1, 0.15) is 12.4 Å². The molecule has 0 fully saturated rings. The van der Waals surface area contributed by atoms with Gasteiger partial charge in [0.15, 0.2) is 5.78 Å². The van der Waals surface area contributed by atoms with Gasteiger partial charge in [0, 0.05) is 17.6 Å². The van der Waals surface area contributed by atoms with Crippen LogP contribution in [0.25, 0.3) is 0 Å². The van der Waals surface area contributed by atoms with E-state index in [1.807, 2.05) is 36.4 Å². The molecule has 0 aromatic heterocycles. The van der Waals surface area contributed by atoms with Crippen LogP contribution in [0.3, 0.4) is 0 Å². The van der Waals surface area contributed by atoms with Crippen molar-refractivity contribution in [1.82, 2.24) is 0 Å². The van der Waals surface area contributed by atoms with Crippen LogP contribution in [0.15, 0.2) is 60.4 Å². The van der Waals surface area contributed by atoms with Crippen LogP contribution in [0.1, 0.15) is 21.5 Å². The first kappa shape index (κ1) is 12.5. The number of benzene rings is 2. The topological polar surface area (TPSA) is 46.5 Å². The average Bonchev–Trinajstić information content (AvgIpc) is 2.82. The summed E-state index contributed by atoms with van der Waals surface area (Å²) >= 11 is 0. The molecule has 20 heavy (non-hydrogen) atoms. The summed E-state index contributed by atoms with van der Waals surface area (Å²) in [5, 5.41) is 9.02. The zero-order valence-corrected chi connectivity index (χ0v) is 10.9. The molecule has 0 saturated carbocycles. The third-order valence-electron chi connectivity index (χ3n) is 3.40. The van der Waals surface area contributed by atoms with Crippen molar-refractivity contribution in [3.8, 4) is 5.75 Å². The molecule has 1 N–H and O–H groups in total. The quantitative estimate of drug-likeness (QED) is 0.683. The molecule has 3 heteroatoms. The van der Waals surface area contributed by atoms with Crippen LogP contribution in [-0.2, 0) is 13.0 Å². The van der Waals surface area contributed by atoms with E-state index in [1.54, 1.807) is 12.1 Å². The molecule has 0 heterocycles. The number of carbonyl (C=O) groups excluding carboxylic acids is 1. The van der Waals surface area contributed by atoms with Crippen molar-refractivity contribution in [2.24, 2.45) is 0 Å². The predicted octanol–water partition coefficient (Wildman–Crippen LogP) is 3.45. The van der Waals surface area contributed by atoms with Crippen LogP contribution >= 0.6 is 0 Å². The first-order valence-electron chi connectivity index (χ1n) is 6.45. The Kier molecular flexibility index (Phi) is 3.25. The molecule has 1 aliphatic rings. The highest BCUT2D eigenvalue weighted by atomic mass is 16.5. The van der Waals surface area contributed by atoms with E-state index in [9.17, 15) is 4.79 Å². The summed E-state index contributed by atoms with van der Waals surface area (Å²) in [5.74, 6) is 0.636. The SMILES string of the molecule is O=C1C(=CO)Cc2cc(OCc3ccccc3)ccc21. The minimum absolute atomic E-state index is 0.0999. The molecule has 3 rings (SSSR count). The van der Waals surface area contributed by atoms with E-state index in [1.165, 1.54) is 0 Å². The van der Waals surface area contributed by atoms with Gasteiger partial charge in [-0.05, 0) is 29.3 Å². The number of hydrogen-bond acceptors (Lipinski definition) is 3. The number of aliphatic hydroxyl groups excluding tert-OH is 1. The second-order valence-corrected chi connectivity index (χ2v) is 4.75. The molecule has 0 radical (unpaired) electrons. The molecule has 0 saturated heterocycles. The number of Topliss-reactive ketones (excluding diaryl/α,β-unsaturated/α-hetero) is 1. The second kappa shape index (κ2) is 5.21. The molecule has 0 bridgehead atoms. The van der Waals surface area contributed by atoms with Crippen molar-refractivity contribution in [3.63, 3.8) is 0 Å². The lowest BCUT2D eigenvalue weighted by Crippen LogP contribution is -1.97. The van der Waals surface area contributed by atoms with Gasteiger partial charge >= 0.3 is 0 Å². The lowest BCUT2D eigenvalue weighted by molar-refractivity contribution is 0.103. The molecule has 3 nitrogen and oxygen atoms in total. The molecule has 2 aromatic carbocycles. The fourth-order valence-corrected chi connectivity index (χ4v) is 2.33. The molecule has 1 aliphatic carbocycles. The van der Waals surface area contributed by atoms with Crippen LogP contribution in [0.2, 0.25) is 0 Å². The van der Waals surface area contributed by atoms with Gasteiger partial charge in [0.05, 0.1) is 6.26 Å². The Hall–Kier alpha value is -2.55. The summed E-state index contributed by atoms with van der Waals surface area (Å²) < 4.78 is 5.73. The Balaban J connectivity index is 1.76. The van der Waals surface area contributed by atoms with Crippen LogP contribution in [-0.4, -0.2) is 10.9 Å². The number of ketones is 1. The number of hydrogen-bond donors (Lipinski definition) is 1. The zero-order valence-electron chi connectivity index (χ0n) is 10.9. The third-order valence-corrected chi connectivity index (χ3v) is 3.40. The normalized spacial score (nSPS) is 15.4. The highest BCUT2D eigenvalue weighted by Gasteiger charge is 2.25. The highest BCUT2D eigenvalue weighted by Crippen LogP contribution is 2.29. The Morgan fingerprint density at radius 1 is 1.15 bits per heavy atom. The molecule has 0 unspecified atom stereocenters. The molecule has 100 valence electrons. The largest absolute Gasteiger partial charge is 0.515 e. The van der Waals surface area contributed by atoms with Crippen LogP contribution in [0, 0.1) is 0 Å². The molecular weight excluding hydrogens is 252 g/mol. The van der Waals surface area contributed by atoms with Gasteiger partial charge in [-0.3, -0.25) is 4.79 Å². The summed E-state index contributed by atoms with van der Waals surface area (Å²) in [4.78, 5) is 11.8. The minimum atomic E-state index is -0.0999. The van der Waals surface area contributed by atoms with E-state index in [-0.39, 0.29) is 5.78 Å². The van der Waals surface area contributed by atoms with Gasteiger partial charge in [-0.2, -0.15) is 0 Å². The summed E-state index contributed by atoms with van der Waals surface area (Å²) in [6.45, 7) is 0.496. The average molecular weight is 266 g/mol. The van der Waals surface area contributed by atoms with Crippen molar-refractivity contribution in [2.45, 2.75) is 13.0 Å². The fourth-order valence-electron chi connectivity index (χ4n) is 2.33. The van der Waals surface area contributed by atoms with E-state index in [0.29, 0.717) is 24.2 Å². The van der Waals surface area contributed by atoms with E-state index in [2.05, 4.69) is 0 Å². The summed E-state index contributed by atoms with van der Waals surface area (Å²) in [6, 6.07) is 15.3. The molecule has 2 aromatic rings. The van der Waals surface area contributed by atoms with Crippen molar-refractivity contribution in [2.75, 3.05) is 0 Å². The monoisotopic (exact) mass is 266 g/mol. The Morgan fingerprint density at radius 2 is 1.95 bits per heavy atom. The minimum Gasteiger partial charge on any atom is -0.515 e. The number of rotatable bonds is 3. The smallest absolute Gasteiger partial charge is 0.192 e. The number of aliphatic hydroxyl groups is 1. The van der Waals surface area contributed by atoms with Crippen molar-refractivity contribution in [3.05, 3.63) is 77.1 Å². The lowest BCUT2D eigenvalue weighted by Gasteiger charge is -2.07. The van der Waals surface area contributed by atoms with E-state index in [0.717, 1.165) is 23.1 Å². The molecular formula is C17H14O3. The standard InChI is InChI=1S/C17H14O3/c18-10-14-8-13-9-15(6-7-16(13)17(14)19)20-11-12-4-2-1-3-5-12/h1-7,9-10,18H,8,11H2. The molecule has 0 atom stereocenters. The van der Waals surface area contributed by atoms with Gasteiger partial charge < -0.3 is 9.84 Å². The zero-order chi connectivity index (χ0) is 13.9. The van der Waals surface area contributed by atoms with Crippen molar-refractivity contribution < 1.29 is 14.6 Å². The Labute approximate surface area is 117 Å². The summed E-state index contributed by atoms with van der Waals surface area (Å²) in [7, 11) is 0. The van der Waals surface area contributed by atoms with E-state index >= 15 is 0 Å². The molecule has 0 aliphatic heterocycles. The van der Waals surface area contributed by atoms with Crippen LogP contribution in [0.4, 0.5) is 0 Å². The fraction of sp³-hybridized carbons (Fsp3) is 0.118.